The van der Waals surface area contributed by atoms with Crippen LogP contribution in [0.1, 0.15) is 34.6 Å². The Balaban J connectivity index is 2.64. The molecule has 4 atom stereocenters. The fourth-order valence-electron chi connectivity index (χ4n) is 2.01. The van der Waals surface area contributed by atoms with Crippen LogP contribution in [0.5, 0.6) is 0 Å². The third-order valence-corrected chi connectivity index (χ3v) is 8.90. The Kier molecular flexibility index (Phi) is 4.82. The molecule has 0 aromatic heterocycles. The summed E-state index contributed by atoms with van der Waals surface area (Å²) in [6, 6.07) is 0. The Morgan fingerprint density at radius 3 is 2.32 bits per heavy atom. The Labute approximate surface area is 117 Å². The number of ether oxygens (including phenoxy) is 1. The van der Waals surface area contributed by atoms with E-state index in [4.69, 9.17) is 9.16 Å². The van der Waals surface area contributed by atoms with E-state index in [0.29, 0.717) is 6.54 Å². The molecule has 5 nitrogen and oxygen atoms in total. The summed E-state index contributed by atoms with van der Waals surface area (Å²) in [5, 5.41) is 11.7. The van der Waals surface area contributed by atoms with Crippen molar-refractivity contribution in [3.8, 4) is 0 Å². The van der Waals surface area contributed by atoms with Crippen molar-refractivity contribution < 1.29 is 19.0 Å². The largest absolute Gasteiger partial charge is 0.632 e. The van der Waals surface area contributed by atoms with Crippen molar-refractivity contribution in [2.75, 3.05) is 6.54 Å². The van der Waals surface area contributed by atoms with Crippen molar-refractivity contribution in [2.24, 2.45) is 5.92 Å². The Morgan fingerprint density at radius 1 is 1.42 bits per heavy atom. The zero-order valence-electron chi connectivity index (χ0n) is 13.1. The highest BCUT2D eigenvalue weighted by atomic mass is 28.4. The Morgan fingerprint density at radius 2 is 1.95 bits per heavy atom. The molecule has 1 saturated heterocycles. The molecular weight excluding hydrogens is 262 g/mol. The van der Waals surface area contributed by atoms with Crippen molar-refractivity contribution in [1.29, 1.82) is 0 Å². The molecule has 0 spiro atoms. The van der Waals surface area contributed by atoms with Crippen LogP contribution in [0.4, 0.5) is 0 Å². The van der Waals surface area contributed by atoms with E-state index in [1.807, 2.05) is 6.92 Å². The van der Waals surface area contributed by atoms with E-state index in [2.05, 4.69) is 33.9 Å². The van der Waals surface area contributed by atoms with Crippen molar-refractivity contribution in [2.45, 2.75) is 65.1 Å². The lowest BCUT2D eigenvalue weighted by Crippen LogP contribution is -3.21. The number of esters is 1. The van der Waals surface area contributed by atoms with Gasteiger partial charge in [0, 0.05) is 6.92 Å². The molecule has 0 bridgehead atoms. The lowest BCUT2D eigenvalue weighted by molar-refractivity contribution is -0.958. The summed E-state index contributed by atoms with van der Waals surface area (Å²) in [7, 11) is -1.86. The first-order chi connectivity index (χ1) is 8.45. The molecule has 1 aliphatic heterocycles. The van der Waals surface area contributed by atoms with Crippen LogP contribution >= 0.6 is 0 Å². The van der Waals surface area contributed by atoms with Gasteiger partial charge in [0.05, 0.1) is 12.6 Å². The van der Waals surface area contributed by atoms with Gasteiger partial charge in [0.1, 0.15) is 5.92 Å². The van der Waals surface area contributed by atoms with Gasteiger partial charge in [-0.1, -0.05) is 20.8 Å². The van der Waals surface area contributed by atoms with Gasteiger partial charge in [-0.3, -0.25) is 4.79 Å². The van der Waals surface area contributed by atoms with Gasteiger partial charge >= 0.3 is 5.97 Å². The third kappa shape index (κ3) is 3.78. The molecule has 0 radical (unpaired) electrons. The van der Waals surface area contributed by atoms with Crippen molar-refractivity contribution in [3.05, 3.63) is 5.21 Å². The molecule has 0 saturated carbocycles. The standard InChI is InChI=1S/C13H27NO4Si/c1-9(18-19(6,7)13(3,4)5)11-8-14(16)12(11)17-10(2)15/h9,11-12,14H,8H2,1-7H3/t9-,11?,12?/m1/s1. The topological polar surface area (TPSA) is 63.0 Å². The first-order valence-electron chi connectivity index (χ1n) is 6.83. The van der Waals surface area contributed by atoms with Crippen LogP contribution in [0.3, 0.4) is 0 Å². The van der Waals surface area contributed by atoms with Crippen LogP contribution in [0.15, 0.2) is 0 Å². The molecule has 0 aliphatic carbocycles. The smallest absolute Gasteiger partial charge is 0.307 e. The van der Waals surface area contributed by atoms with Gasteiger partial charge in [-0.15, -0.1) is 0 Å². The number of nitrogens with one attached hydrogen (secondary N) is 1. The molecule has 1 rings (SSSR count). The highest BCUT2D eigenvalue weighted by molar-refractivity contribution is 6.74. The van der Waals surface area contributed by atoms with E-state index >= 15 is 0 Å². The lowest BCUT2D eigenvalue weighted by Gasteiger charge is -2.49. The fourth-order valence-corrected chi connectivity index (χ4v) is 3.46. The van der Waals surface area contributed by atoms with Gasteiger partial charge in [0.2, 0.25) is 6.23 Å². The van der Waals surface area contributed by atoms with Gasteiger partial charge in [-0.2, -0.15) is 0 Å². The number of quaternary nitrogens is 1. The second-order valence-electron chi connectivity index (χ2n) is 6.95. The molecule has 3 unspecified atom stereocenters. The normalized spacial score (nSPS) is 29.6. The summed E-state index contributed by atoms with van der Waals surface area (Å²) >= 11 is 0. The number of rotatable bonds is 4. The number of hydrogen-bond acceptors (Lipinski definition) is 4. The van der Waals surface area contributed by atoms with Crippen LogP contribution in [0, 0.1) is 11.1 Å². The second kappa shape index (κ2) is 5.52. The van der Waals surface area contributed by atoms with E-state index in [1.54, 1.807) is 0 Å². The maximum atomic E-state index is 11.5. The summed E-state index contributed by atoms with van der Waals surface area (Å²) in [5.41, 5.74) is 0. The minimum atomic E-state index is -1.86. The van der Waals surface area contributed by atoms with Crippen LogP contribution < -0.4 is 5.06 Å². The van der Waals surface area contributed by atoms with Crippen LogP contribution in [-0.4, -0.2) is 33.2 Å². The average Bonchev–Trinajstić information content (AvgIpc) is 2.20. The highest BCUT2D eigenvalue weighted by Gasteiger charge is 2.49. The predicted molar refractivity (Wildman–Crippen MR) is 76.0 cm³/mol. The van der Waals surface area contributed by atoms with Gasteiger partial charge in [-0.25, -0.2) is 0 Å². The summed E-state index contributed by atoms with van der Waals surface area (Å²) in [4.78, 5) is 11.0. The number of hydrogen-bond donors (Lipinski definition) is 1. The SMILES string of the molecule is CC(=O)OC1C([C@@H](C)O[Si](C)(C)C(C)(C)C)C[NH+]1[O-]. The van der Waals surface area contributed by atoms with Crippen LogP contribution in [-0.2, 0) is 14.0 Å². The van der Waals surface area contributed by atoms with E-state index < -0.39 is 20.5 Å². The maximum Gasteiger partial charge on any atom is 0.307 e. The Bertz CT molecular complexity index is 340. The molecular formula is C13H27NO4Si. The second-order valence-corrected chi connectivity index (χ2v) is 11.7. The molecule has 0 aromatic carbocycles. The van der Waals surface area contributed by atoms with Crippen molar-refractivity contribution in [3.63, 3.8) is 0 Å². The first kappa shape index (κ1) is 16.6. The molecule has 1 fully saturated rings. The molecule has 19 heavy (non-hydrogen) atoms. The van der Waals surface area contributed by atoms with E-state index in [1.165, 1.54) is 6.92 Å². The molecule has 1 heterocycles. The minimum absolute atomic E-state index is 0.00512. The zero-order valence-corrected chi connectivity index (χ0v) is 14.1. The molecule has 0 amide bonds. The maximum absolute atomic E-state index is 11.5. The third-order valence-electron chi connectivity index (χ3n) is 4.33. The predicted octanol–water partition coefficient (Wildman–Crippen LogP) is 1.30. The van der Waals surface area contributed by atoms with E-state index in [0.717, 1.165) is 0 Å². The molecule has 6 heteroatoms. The zero-order chi connectivity index (χ0) is 15.0. The van der Waals surface area contributed by atoms with E-state index in [-0.39, 0.29) is 22.1 Å². The van der Waals surface area contributed by atoms with Gasteiger partial charge in [-0.05, 0) is 25.1 Å². The number of carbonyl (C=O) groups excluding carboxylic acids is 1. The minimum Gasteiger partial charge on any atom is -0.632 e. The highest BCUT2D eigenvalue weighted by Crippen LogP contribution is 2.38. The number of hydroxylamine groups is 2. The molecule has 1 N–H and O–H groups in total. The quantitative estimate of drug-likeness (QED) is 0.481. The fraction of sp³-hybridized carbons (Fsp3) is 0.923. The number of carbonyl (C=O) groups is 1. The molecule has 112 valence electrons. The molecule has 1 aliphatic rings. The van der Waals surface area contributed by atoms with Crippen molar-refractivity contribution >= 4 is 14.3 Å². The Hall–Kier alpha value is -0.433. The summed E-state index contributed by atoms with van der Waals surface area (Å²) in [6.45, 7) is 14.7. The summed E-state index contributed by atoms with van der Waals surface area (Å²) in [6.07, 6.45) is -0.653. The van der Waals surface area contributed by atoms with Crippen LogP contribution in [0.2, 0.25) is 18.1 Å². The summed E-state index contributed by atoms with van der Waals surface area (Å²) in [5.74, 6) is -0.395. The van der Waals surface area contributed by atoms with Gasteiger partial charge < -0.3 is 19.4 Å². The van der Waals surface area contributed by atoms with Crippen LogP contribution in [0.25, 0.3) is 0 Å². The lowest BCUT2D eigenvalue weighted by atomic mass is 9.94. The first-order valence-corrected chi connectivity index (χ1v) is 9.74. The van der Waals surface area contributed by atoms with E-state index in [9.17, 15) is 10.0 Å². The van der Waals surface area contributed by atoms with Gasteiger partial charge in [0.25, 0.3) is 0 Å². The summed E-state index contributed by atoms with van der Waals surface area (Å²) < 4.78 is 11.3. The average molecular weight is 289 g/mol. The van der Waals surface area contributed by atoms with Gasteiger partial charge in [0.15, 0.2) is 8.32 Å². The molecule has 0 aromatic rings. The van der Waals surface area contributed by atoms with Crippen molar-refractivity contribution in [1.82, 2.24) is 0 Å². The monoisotopic (exact) mass is 289 g/mol.